The van der Waals surface area contributed by atoms with Crippen LogP contribution >= 0.6 is 11.6 Å². The van der Waals surface area contributed by atoms with Gasteiger partial charge in [0.15, 0.2) is 11.6 Å². The van der Waals surface area contributed by atoms with Gasteiger partial charge in [-0.2, -0.15) is 0 Å². The predicted molar refractivity (Wildman–Crippen MR) is 110 cm³/mol. The number of hydrogen-bond acceptors (Lipinski definition) is 5. The molecule has 144 valence electrons. The number of nitrogen functional groups attached to an aromatic ring is 1. The molecule has 6 nitrogen and oxygen atoms in total. The van der Waals surface area contributed by atoms with E-state index in [-0.39, 0.29) is 17.8 Å². The van der Waals surface area contributed by atoms with Gasteiger partial charge in [0.2, 0.25) is 0 Å². The number of nitrogens with one attached hydrogen (secondary N) is 1. The van der Waals surface area contributed by atoms with E-state index in [2.05, 4.69) is 10.3 Å². The highest BCUT2D eigenvalue weighted by Crippen LogP contribution is 2.29. The van der Waals surface area contributed by atoms with Crippen molar-refractivity contribution in [2.45, 2.75) is 13.0 Å². The third-order valence-electron chi connectivity index (χ3n) is 4.10. The molecule has 0 aliphatic rings. The van der Waals surface area contributed by atoms with E-state index in [1.165, 1.54) is 6.20 Å². The van der Waals surface area contributed by atoms with Crippen molar-refractivity contribution >= 4 is 29.0 Å². The van der Waals surface area contributed by atoms with Gasteiger partial charge < -0.3 is 20.5 Å². The van der Waals surface area contributed by atoms with Crippen molar-refractivity contribution in [2.75, 3.05) is 18.2 Å². The van der Waals surface area contributed by atoms with E-state index in [9.17, 15) is 4.79 Å². The number of halogens is 1. The molecule has 0 radical (unpaired) electrons. The van der Waals surface area contributed by atoms with E-state index in [0.717, 1.165) is 5.56 Å². The zero-order chi connectivity index (χ0) is 20.1. The van der Waals surface area contributed by atoms with Crippen molar-refractivity contribution in [1.29, 1.82) is 0 Å². The molecular weight excluding hydrogens is 378 g/mol. The van der Waals surface area contributed by atoms with Gasteiger partial charge in [0, 0.05) is 23.5 Å². The van der Waals surface area contributed by atoms with E-state index in [0.29, 0.717) is 27.8 Å². The zero-order valence-electron chi connectivity index (χ0n) is 15.5. The maximum absolute atomic E-state index is 12.5. The molecule has 0 unspecified atom stereocenters. The summed E-state index contributed by atoms with van der Waals surface area (Å²) < 4.78 is 11.0. The van der Waals surface area contributed by atoms with E-state index < -0.39 is 0 Å². The minimum absolute atomic E-state index is 0.229. The van der Waals surface area contributed by atoms with Crippen LogP contribution in [0.2, 0.25) is 5.02 Å². The van der Waals surface area contributed by atoms with Gasteiger partial charge in [-0.1, -0.05) is 29.8 Å². The summed E-state index contributed by atoms with van der Waals surface area (Å²) in [5.74, 6) is 1.06. The van der Waals surface area contributed by atoms with Crippen LogP contribution < -0.4 is 20.5 Å². The molecule has 7 heteroatoms. The number of carbonyl (C=O) groups is 1. The van der Waals surface area contributed by atoms with Crippen molar-refractivity contribution in [3.05, 3.63) is 76.9 Å². The standard InChI is InChI=1S/C21H20ClN3O3/c1-13(28-19-11-16(22)12-24-20(19)23)14-5-3-7-17(9-14)25-21(26)15-6-4-8-18(10-15)27-2/h3-13H,1-2H3,(H2,23,24)(H,25,26)/t13-/m1/s1. The van der Waals surface area contributed by atoms with Crippen molar-refractivity contribution in [3.8, 4) is 11.5 Å². The quantitative estimate of drug-likeness (QED) is 0.628. The highest BCUT2D eigenvalue weighted by Gasteiger charge is 2.13. The summed E-state index contributed by atoms with van der Waals surface area (Å²) >= 11 is 5.95. The normalized spacial score (nSPS) is 11.5. The Bertz CT molecular complexity index is 994. The summed E-state index contributed by atoms with van der Waals surface area (Å²) in [7, 11) is 1.56. The summed E-state index contributed by atoms with van der Waals surface area (Å²) in [6, 6.07) is 16.0. The number of aromatic nitrogens is 1. The molecule has 1 aromatic heterocycles. The fourth-order valence-corrected chi connectivity index (χ4v) is 2.77. The monoisotopic (exact) mass is 397 g/mol. The third-order valence-corrected chi connectivity index (χ3v) is 4.30. The first-order chi connectivity index (χ1) is 13.5. The van der Waals surface area contributed by atoms with Gasteiger partial charge in [-0.3, -0.25) is 4.79 Å². The summed E-state index contributed by atoms with van der Waals surface area (Å²) in [6.07, 6.45) is 1.14. The number of nitrogens with zero attached hydrogens (tertiary/aromatic N) is 1. The lowest BCUT2D eigenvalue weighted by atomic mass is 10.1. The van der Waals surface area contributed by atoms with E-state index in [1.54, 1.807) is 37.4 Å². The third kappa shape index (κ3) is 4.72. The van der Waals surface area contributed by atoms with Gasteiger partial charge in [0.05, 0.1) is 12.1 Å². The second-order valence-electron chi connectivity index (χ2n) is 6.11. The summed E-state index contributed by atoms with van der Waals surface area (Å²) in [6.45, 7) is 1.88. The van der Waals surface area contributed by atoms with Crippen LogP contribution in [-0.4, -0.2) is 18.0 Å². The average molecular weight is 398 g/mol. The summed E-state index contributed by atoms with van der Waals surface area (Å²) in [5.41, 5.74) is 7.86. The summed E-state index contributed by atoms with van der Waals surface area (Å²) in [4.78, 5) is 16.5. The topological polar surface area (TPSA) is 86.5 Å². The largest absolute Gasteiger partial charge is 0.497 e. The Balaban J connectivity index is 1.74. The van der Waals surface area contributed by atoms with Gasteiger partial charge in [-0.15, -0.1) is 0 Å². The van der Waals surface area contributed by atoms with Crippen LogP contribution in [0.15, 0.2) is 60.8 Å². The molecule has 0 fully saturated rings. The highest BCUT2D eigenvalue weighted by atomic mass is 35.5. The Morgan fingerprint density at radius 2 is 1.96 bits per heavy atom. The number of ether oxygens (including phenoxy) is 2. The van der Waals surface area contributed by atoms with Crippen LogP contribution in [0, 0.1) is 0 Å². The van der Waals surface area contributed by atoms with Gasteiger partial charge in [-0.25, -0.2) is 4.98 Å². The lowest BCUT2D eigenvalue weighted by Gasteiger charge is -2.17. The number of amides is 1. The number of nitrogens with two attached hydrogens (primary N) is 1. The molecule has 0 aliphatic heterocycles. The molecule has 28 heavy (non-hydrogen) atoms. The molecule has 3 N–H and O–H groups in total. The SMILES string of the molecule is COc1cccc(C(=O)Nc2cccc([C@@H](C)Oc3cc(Cl)cnc3N)c2)c1. The number of anilines is 2. The second-order valence-corrected chi connectivity index (χ2v) is 6.54. The molecule has 1 heterocycles. The van der Waals surface area contributed by atoms with Crippen LogP contribution in [-0.2, 0) is 0 Å². The molecule has 0 saturated heterocycles. The van der Waals surface area contributed by atoms with Gasteiger partial charge in [-0.05, 0) is 42.8 Å². The van der Waals surface area contributed by atoms with E-state index >= 15 is 0 Å². The maximum atomic E-state index is 12.5. The molecule has 2 aromatic carbocycles. The van der Waals surface area contributed by atoms with Crippen LogP contribution in [0.5, 0.6) is 11.5 Å². The summed E-state index contributed by atoms with van der Waals surface area (Å²) in [5, 5.41) is 3.32. The number of pyridine rings is 1. The molecule has 1 atom stereocenters. The maximum Gasteiger partial charge on any atom is 0.255 e. The highest BCUT2D eigenvalue weighted by molar-refractivity contribution is 6.30. The second kappa shape index (κ2) is 8.63. The number of rotatable bonds is 6. The Morgan fingerprint density at radius 1 is 1.18 bits per heavy atom. The van der Waals surface area contributed by atoms with Crippen LogP contribution in [0.4, 0.5) is 11.5 Å². The van der Waals surface area contributed by atoms with Crippen molar-refractivity contribution in [3.63, 3.8) is 0 Å². The molecule has 3 aromatic rings. The Labute approximate surface area is 168 Å². The lowest BCUT2D eigenvalue weighted by Crippen LogP contribution is -2.12. The molecule has 3 rings (SSSR count). The van der Waals surface area contributed by atoms with Crippen molar-refractivity contribution in [1.82, 2.24) is 4.98 Å². The first-order valence-electron chi connectivity index (χ1n) is 8.59. The van der Waals surface area contributed by atoms with Crippen molar-refractivity contribution in [2.24, 2.45) is 0 Å². The molecule has 0 spiro atoms. The molecular formula is C21H20ClN3O3. The average Bonchev–Trinajstić information content (AvgIpc) is 2.71. The Hall–Kier alpha value is -3.25. The van der Waals surface area contributed by atoms with Crippen molar-refractivity contribution < 1.29 is 14.3 Å². The first-order valence-corrected chi connectivity index (χ1v) is 8.97. The van der Waals surface area contributed by atoms with Crippen LogP contribution in [0.25, 0.3) is 0 Å². The predicted octanol–water partition coefficient (Wildman–Crippen LogP) is 4.72. The first kappa shape index (κ1) is 19.5. The van der Waals surface area contributed by atoms with Gasteiger partial charge >= 0.3 is 0 Å². The molecule has 0 aliphatic carbocycles. The fraction of sp³-hybridized carbons (Fsp3) is 0.143. The lowest BCUT2D eigenvalue weighted by molar-refractivity contribution is 0.102. The number of carbonyl (C=O) groups excluding carboxylic acids is 1. The minimum atomic E-state index is -0.323. The number of hydrogen-bond donors (Lipinski definition) is 2. The van der Waals surface area contributed by atoms with Gasteiger partial charge in [0.25, 0.3) is 5.91 Å². The van der Waals surface area contributed by atoms with Gasteiger partial charge in [0.1, 0.15) is 11.9 Å². The fourth-order valence-electron chi connectivity index (χ4n) is 2.62. The number of methoxy groups -OCH3 is 1. The Kier molecular flexibility index (Phi) is 6.01. The van der Waals surface area contributed by atoms with E-state index in [4.69, 9.17) is 26.8 Å². The molecule has 1 amide bonds. The zero-order valence-corrected chi connectivity index (χ0v) is 16.2. The Morgan fingerprint density at radius 3 is 2.75 bits per heavy atom. The van der Waals surface area contributed by atoms with Crippen LogP contribution in [0.3, 0.4) is 0 Å². The number of benzene rings is 2. The van der Waals surface area contributed by atoms with Crippen LogP contribution in [0.1, 0.15) is 28.9 Å². The molecule has 0 saturated carbocycles. The minimum Gasteiger partial charge on any atom is -0.497 e. The molecule has 0 bridgehead atoms. The smallest absolute Gasteiger partial charge is 0.255 e. The van der Waals surface area contributed by atoms with E-state index in [1.807, 2.05) is 31.2 Å².